The molecule has 2 nitrogen and oxygen atoms in total. The Labute approximate surface area is 132 Å². The topological polar surface area (TPSA) is 21.3 Å². The molecule has 0 radical (unpaired) electrons. The Morgan fingerprint density at radius 2 is 1.52 bits per heavy atom. The zero-order valence-electron chi connectivity index (χ0n) is 12.3. The summed E-state index contributed by atoms with van der Waals surface area (Å²) in [7, 11) is 2.01. The van der Waals surface area contributed by atoms with Crippen molar-refractivity contribution in [1.82, 2.24) is 5.32 Å². The minimum atomic E-state index is -0.314. The maximum Gasteiger partial charge on any atom is 0.122 e. The summed E-state index contributed by atoms with van der Waals surface area (Å²) in [5.74, 6) is 0.456. The van der Waals surface area contributed by atoms with E-state index in [1.165, 1.54) is 11.1 Å². The lowest BCUT2D eigenvalue weighted by molar-refractivity contribution is 0.0105. The largest absolute Gasteiger partial charge is 0.365 e. The van der Waals surface area contributed by atoms with Gasteiger partial charge in [-0.3, -0.25) is 0 Å². The molecular weight excluding hydrogens is 282 g/mol. The average molecular weight is 304 g/mol. The van der Waals surface area contributed by atoms with E-state index >= 15 is 0 Å². The molecule has 1 aliphatic rings. The number of nitrogens with one attached hydrogen (secondary N) is 1. The number of rotatable bonds is 4. The number of ether oxygens (including phenoxy) is 1. The van der Waals surface area contributed by atoms with E-state index in [2.05, 4.69) is 66.0 Å². The summed E-state index contributed by atoms with van der Waals surface area (Å²) in [5, 5.41) is 3.32. The van der Waals surface area contributed by atoms with Gasteiger partial charge < -0.3 is 10.1 Å². The summed E-state index contributed by atoms with van der Waals surface area (Å²) < 4.78 is 6.34. The third kappa shape index (κ3) is 2.84. The lowest BCUT2D eigenvalue weighted by Crippen LogP contribution is -2.38. The van der Waals surface area contributed by atoms with Crippen LogP contribution in [0.5, 0.6) is 0 Å². The van der Waals surface area contributed by atoms with Crippen LogP contribution in [0.15, 0.2) is 60.7 Å². The monoisotopic (exact) mass is 303 g/mol. The molecule has 112 valence electrons. The normalized spacial score (nSPS) is 20.0. The van der Waals surface area contributed by atoms with Crippen LogP contribution in [0.25, 0.3) is 0 Å². The molecular formula is C18H22ClNO. The van der Waals surface area contributed by atoms with E-state index in [0.29, 0.717) is 5.92 Å². The zero-order valence-corrected chi connectivity index (χ0v) is 13.1. The van der Waals surface area contributed by atoms with Crippen LogP contribution in [0.3, 0.4) is 0 Å². The first-order valence-corrected chi connectivity index (χ1v) is 7.27. The molecule has 0 aromatic heterocycles. The summed E-state index contributed by atoms with van der Waals surface area (Å²) in [6.45, 7) is 1.78. The smallest absolute Gasteiger partial charge is 0.122 e. The fourth-order valence-corrected chi connectivity index (χ4v) is 3.35. The average Bonchev–Trinajstić information content (AvgIpc) is 2.94. The zero-order chi connectivity index (χ0) is 13.8. The molecule has 1 unspecified atom stereocenters. The number of hydrogen-bond donors (Lipinski definition) is 1. The van der Waals surface area contributed by atoms with E-state index in [1.54, 1.807) is 0 Å². The van der Waals surface area contributed by atoms with Crippen LogP contribution in [0.1, 0.15) is 17.5 Å². The summed E-state index contributed by atoms with van der Waals surface area (Å²) in [5.41, 5.74) is 2.19. The van der Waals surface area contributed by atoms with Crippen LogP contribution in [-0.2, 0) is 10.3 Å². The first-order valence-electron chi connectivity index (χ1n) is 7.27. The fourth-order valence-electron chi connectivity index (χ4n) is 3.35. The number of benzene rings is 2. The quantitative estimate of drug-likeness (QED) is 0.931. The van der Waals surface area contributed by atoms with E-state index in [1.807, 2.05) is 7.05 Å². The van der Waals surface area contributed by atoms with Gasteiger partial charge >= 0.3 is 0 Å². The molecule has 1 N–H and O–H groups in total. The molecule has 2 aromatic carbocycles. The molecule has 0 aliphatic carbocycles. The van der Waals surface area contributed by atoms with Gasteiger partial charge in [-0.2, -0.15) is 0 Å². The summed E-state index contributed by atoms with van der Waals surface area (Å²) >= 11 is 0. The highest BCUT2D eigenvalue weighted by Crippen LogP contribution is 2.46. The highest BCUT2D eigenvalue weighted by molar-refractivity contribution is 5.85. The lowest BCUT2D eigenvalue weighted by atomic mass is 9.76. The predicted molar refractivity (Wildman–Crippen MR) is 88.9 cm³/mol. The van der Waals surface area contributed by atoms with Crippen molar-refractivity contribution in [2.75, 3.05) is 20.2 Å². The minimum absolute atomic E-state index is 0. The van der Waals surface area contributed by atoms with Crippen molar-refractivity contribution in [2.24, 2.45) is 5.92 Å². The van der Waals surface area contributed by atoms with Gasteiger partial charge in [-0.1, -0.05) is 60.7 Å². The second-order valence-electron chi connectivity index (χ2n) is 5.36. The third-order valence-corrected chi connectivity index (χ3v) is 4.23. The van der Waals surface area contributed by atoms with Crippen molar-refractivity contribution in [3.05, 3.63) is 71.8 Å². The van der Waals surface area contributed by atoms with Crippen molar-refractivity contribution in [2.45, 2.75) is 12.0 Å². The second-order valence-corrected chi connectivity index (χ2v) is 5.36. The summed E-state index contributed by atoms with van der Waals surface area (Å²) in [6.07, 6.45) is 1.09. The van der Waals surface area contributed by atoms with Gasteiger partial charge in [-0.25, -0.2) is 0 Å². The molecule has 1 atom stereocenters. The Morgan fingerprint density at radius 3 is 2.00 bits per heavy atom. The van der Waals surface area contributed by atoms with Gasteiger partial charge in [-0.05, 0) is 24.6 Å². The van der Waals surface area contributed by atoms with Crippen LogP contribution in [0.4, 0.5) is 0 Å². The standard InChI is InChI=1S/C18H21NO.ClH/c1-19-14-17-12-13-20-18(17,15-8-4-2-5-9-15)16-10-6-3-7-11-16;/h2-11,17,19H,12-14H2,1H3;1H. The van der Waals surface area contributed by atoms with Crippen molar-refractivity contribution in [3.8, 4) is 0 Å². The summed E-state index contributed by atoms with van der Waals surface area (Å²) in [6, 6.07) is 21.2. The van der Waals surface area contributed by atoms with Crippen LogP contribution in [0, 0.1) is 5.92 Å². The highest BCUT2D eigenvalue weighted by atomic mass is 35.5. The fraction of sp³-hybridized carbons (Fsp3) is 0.333. The molecule has 1 fully saturated rings. The first kappa shape index (κ1) is 16.0. The van der Waals surface area contributed by atoms with Crippen LogP contribution >= 0.6 is 12.4 Å². The molecule has 0 bridgehead atoms. The molecule has 1 heterocycles. The SMILES string of the molecule is CNCC1CCOC1(c1ccccc1)c1ccccc1.Cl. The van der Waals surface area contributed by atoms with Gasteiger partial charge in [-0.15, -0.1) is 12.4 Å². The lowest BCUT2D eigenvalue weighted by Gasteiger charge is -2.35. The Bertz CT molecular complexity index is 504. The van der Waals surface area contributed by atoms with Gasteiger partial charge in [0.15, 0.2) is 0 Å². The molecule has 0 amide bonds. The van der Waals surface area contributed by atoms with Gasteiger partial charge in [0.05, 0.1) is 0 Å². The highest BCUT2D eigenvalue weighted by Gasteiger charge is 2.46. The Balaban J connectivity index is 0.00000161. The number of hydrogen-bond acceptors (Lipinski definition) is 2. The van der Waals surface area contributed by atoms with Crippen LogP contribution < -0.4 is 5.32 Å². The van der Waals surface area contributed by atoms with Gasteiger partial charge in [0, 0.05) is 19.1 Å². The molecule has 1 saturated heterocycles. The second kappa shape index (κ2) is 7.08. The van der Waals surface area contributed by atoms with E-state index in [4.69, 9.17) is 4.74 Å². The molecule has 2 aromatic rings. The minimum Gasteiger partial charge on any atom is -0.365 e. The Hall–Kier alpha value is -1.35. The van der Waals surface area contributed by atoms with Gasteiger partial charge in [0.1, 0.15) is 5.60 Å². The van der Waals surface area contributed by atoms with Gasteiger partial charge in [0.25, 0.3) is 0 Å². The van der Waals surface area contributed by atoms with E-state index in [-0.39, 0.29) is 18.0 Å². The maximum atomic E-state index is 6.34. The van der Waals surface area contributed by atoms with E-state index < -0.39 is 0 Å². The van der Waals surface area contributed by atoms with Crippen molar-refractivity contribution in [3.63, 3.8) is 0 Å². The Kier molecular flexibility index (Phi) is 5.40. The van der Waals surface area contributed by atoms with Gasteiger partial charge in [0.2, 0.25) is 0 Å². The van der Waals surface area contributed by atoms with Crippen molar-refractivity contribution < 1.29 is 4.74 Å². The summed E-state index contributed by atoms with van der Waals surface area (Å²) in [4.78, 5) is 0. The Morgan fingerprint density at radius 1 is 1.00 bits per heavy atom. The van der Waals surface area contributed by atoms with Crippen molar-refractivity contribution in [1.29, 1.82) is 0 Å². The molecule has 3 rings (SSSR count). The van der Waals surface area contributed by atoms with Crippen LogP contribution in [0.2, 0.25) is 0 Å². The maximum absolute atomic E-state index is 6.34. The molecule has 21 heavy (non-hydrogen) atoms. The molecule has 1 aliphatic heterocycles. The number of halogens is 1. The third-order valence-electron chi connectivity index (χ3n) is 4.23. The van der Waals surface area contributed by atoms with Crippen LogP contribution in [-0.4, -0.2) is 20.2 Å². The van der Waals surface area contributed by atoms with E-state index in [9.17, 15) is 0 Å². The first-order chi connectivity index (χ1) is 9.88. The molecule has 0 saturated carbocycles. The predicted octanol–water partition coefficient (Wildman–Crippen LogP) is 3.61. The van der Waals surface area contributed by atoms with Crippen molar-refractivity contribution >= 4 is 12.4 Å². The molecule has 3 heteroatoms. The van der Waals surface area contributed by atoms with E-state index in [0.717, 1.165) is 19.6 Å². The molecule has 0 spiro atoms.